The van der Waals surface area contributed by atoms with Gasteiger partial charge in [-0.05, 0) is 55.3 Å². The van der Waals surface area contributed by atoms with Crippen LogP contribution in [-0.4, -0.2) is 37.7 Å². The van der Waals surface area contributed by atoms with Gasteiger partial charge in [0.05, 0.1) is 12.0 Å². The standard InChI is InChI=1S/C19H18Cl2N2O5S/c1-11-7-15(3-5-17(11)28-2)29(26,27)23-16(4-6-18(23)24)19(25)22-14-9-12(20)8-13(21)10-14/h3,5,7-10,16H,4,6H2,1-2H3,(H,22,25)/t16-/m0/s1. The number of benzene rings is 2. The van der Waals surface area contributed by atoms with Gasteiger partial charge in [-0.25, -0.2) is 12.7 Å². The Morgan fingerprint density at radius 1 is 1.17 bits per heavy atom. The van der Waals surface area contributed by atoms with E-state index in [1.54, 1.807) is 6.92 Å². The van der Waals surface area contributed by atoms with Crippen LogP contribution in [0.2, 0.25) is 10.0 Å². The van der Waals surface area contributed by atoms with Gasteiger partial charge in [0.15, 0.2) is 0 Å². The van der Waals surface area contributed by atoms with E-state index in [4.69, 9.17) is 27.9 Å². The van der Waals surface area contributed by atoms with Gasteiger partial charge in [-0.2, -0.15) is 0 Å². The topological polar surface area (TPSA) is 92.8 Å². The summed E-state index contributed by atoms with van der Waals surface area (Å²) in [6.07, 6.45) is 0.0239. The third-order valence-corrected chi connectivity index (χ3v) is 6.78. The molecule has 1 aliphatic heterocycles. The molecule has 29 heavy (non-hydrogen) atoms. The summed E-state index contributed by atoms with van der Waals surface area (Å²) in [4.78, 5) is 25.1. The predicted molar refractivity (Wildman–Crippen MR) is 110 cm³/mol. The van der Waals surface area contributed by atoms with Crippen molar-refractivity contribution in [2.24, 2.45) is 0 Å². The Bertz CT molecular complexity index is 1070. The summed E-state index contributed by atoms with van der Waals surface area (Å²) in [6.45, 7) is 1.69. The summed E-state index contributed by atoms with van der Waals surface area (Å²) in [6, 6.07) is 7.55. The second kappa shape index (κ2) is 8.22. The molecule has 0 bridgehead atoms. The number of ether oxygens (including phenoxy) is 1. The highest BCUT2D eigenvalue weighted by molar-refractivity contribution is 7.89. The largest absolute Gasteiger partial charge is 0.496 e. The zero-order valence-electron chi connectivity index (χ0n) is 15.6. The van der Waals surface area contributed by atoms with E-state index in [-0.39, 0.29) is 17.7 Å². The maximum Gasteiger partial charge on any atom is 0.267 e. The molecule has 1 aliphatic rings. The lowest BCUT2D eigenvalue weighted by Crippen LogP contribution is -2.45. The Hall–Kier alpha value is -2.29. The van der Waals surface area contributed by atoms with Crippen molar-refractivity contribution in [1.82, 2.24) is 4.31 Å². The van der Waals surface area contributed by atoms with Crippen molar-refractivity contribution in [1.29, 1.82) is 0 Å². The third kappa shape index (κ3) is 4.34. The minimum Gasteiger partial charge on any atom is -0.496 e. The van der Waals surface area contributed by atoms with Crippen LogP contribution in [0.3, 0.4) is 0 Å². The summed E-state index contributed by atoms with van der Waals surface area (Å²) in [7, 11) is -2.75. The number of hydrogen-bond acceptors (Lipinski definition) is 5. The Kier molecular flexibility index (Phi) is 6.07. The maximum atomic E-state index is 13.1. The molecule has 1 N–H and O–H groups in total. The van der Waals surface area contributed by atoms with Gasteiger partial charge in [-0.15, -0.1) is 0 Å². The third-order valence-electron chi connectivity index (χ3n) is 4.52. The normalized spacial score (nSPS) is 16.8. The van der Waals surface area contributed by atoms with Crippen LogP contribution in [0.4, 0.5) is 5.69 Å². The molecule has 2 aromatic carbocycles. The number of methoxy groups -OCH3 is 1. The molecule has 0 unspecified atom stereocenters. The van der Waals surface area contributed by atoms with Crippen molar-refractivity contribution >= 4 is 50.7 Å². The summed E-state index contributed by atoms with van der Waals surface area (Å²) < 4.78 is 32.0. The van der Waals surface area contributed by atoms with E-state index in [0.29, 0.717) is 31.4 Å². The van der Waals surface area contributed by atoms with Crippen molar-refractivity contribution in [3.05, 3.63) is 52.0 Å². The minimum absolute atomic E-state index is 0.0528. The summed E-state index contributed by atoms with van der Waals surface area (Å²) in [5.74, 6) is -0.755. The molecule has 0 aromatic heterocycles. The second-order valence-corrected chi connectivity index (χ2v) is 9.22. The molecule has 7 nitrogen and oxygen atoms in total. The highest BCUT2D eigenvalue weighted by atomic mass is 35.5. The SMILES string of the molecule is COc1ccc(S(=O)(=O)N2C(=O)CC[C@H]2C(=O)Nc2cc(Cl)cc(Cl)c2)cc1C. The first-order chi connectivity index (χ1) is 13.6. The molecule has 1 fully saturated rings. The number of nitrogens with zero attached hydrogens (tertiary/aromatic N) is 1. The van der Waals surface area contributed by atoms with E-state index in [0.717, 1.165) is 0 Å². The van der Waals surface area contributed by atoms with Gasteiger partial charge in [0.2, 0.25) is 11.8 Å². The molecule has 2 aromatic rings. The molecule has 0 aliphatic carbocycles. The molecule has 10 heteroatoms. The fourth-order valence-electron chi connectivity index (χ4n) is 3.18. The fourth-order valence-corrected chi connectivity index (χ4v) is 5.39. The molecule has 0 saturated carbocycles. The molecule has 154 valence electrons. The number of aryl methyl sites for hydroxylation is 1. The molecule has 0 radical (unpaired) electrons. The van der Waals surface area contributed by atoms with Gasteiger partial charge in [0.1, 0.15) is 11.8 Å². The van der Waals surface area contributed by atoms with Gasteiger partial charge < -0.3 is 10.1 Å². The molecule has 1 atom stereocenters. The number of halogens is 2. The van der Waals surface area contributed by atoms with Crippen molar-refractivity contribution in [2.45, 2.75) is 30.7 Å². The zero-order chi connectivity index (χ0) is 21.3. The van der Waals surface area contributed by atoms with Crippen LogP contribution in [0.25, 0.3) is 0 Å². The Labute approximate surface area is 178 Å². The summed E-state index contributed by atoms with van der Waals surface area (Å²) in [5, 5.41) is 3.21. The Morgan fingerprint density at radius 3 is 2.41 bits per heavy atom. The van der Waals surface area contributed by atoms with E-state index in [1.807, 2.05) is 0 Å². The number of carbonyl (C=O) groups excluding carboxylic acids is 2. The summed E-state index contributed by atoms with van der Waals surface area (Å²) in [5.41, 5.74) is 0.902. The molecular formula is C19H18Cl2N2O5S. The average molecular weight is 457 g/mol. The lowest BCUT2D eigenvalue weighted by atomic mass is 10.2. The van der Waals surface area contributed by atoms with E-state index in [1.165, 1.54) is 43.5 Å². The quantitative estimate of drug-likeness (QED) is 0.741. The van der Waals surface area contributed by atoms with E-state index < -0.39 is 27.9 Å². The van der Waals surface area contributed by atoms with Gasteiger partial charge in [-0.1, -0.05) is 23.2 Å². The van der Waals surface area contributed by atoms with Gasteiger partial charge in [0, 0.05) is 22.2 Å². The first-order valence-electron chi connectivity index (χ1n) is 8.62. The van der Waals surface area contributed by atoms with Crippen LogP contribution < -0.4 is 10.1 Å². The maximum absolute atomic E-state index is 13.1. The van der Waals surface area contributed by atoms with Crippen LogP contribution in [0.1, 0.15) is 18.4 Å². The second-order valence-electron chi connectivity index (χ2n) is 6.53. The van der Waals surface area contributed by atoms with E-state index >= 15 is 0 Å². The van der Waals surface area contributed by atoms with Gasteiger partial charge in [-0.3, -0.25) is 9.59 Å². The minimum atomic E-state index is -4.22. The fraction of sp³-hybridized carbons (Fsp3) is 0.263. The van der Waals surface area contributed by atoms with Crippen molar-refractivity contribution in [3.63, 3.8) is 0 Å². The number of carbonyl (C=O) groups is 2. The predicted octanol–water partition coefficient (Wildman–Crippen LogP) is 3.63. The Morgan fingerprint density at radius 2 is 1.83 bits per heavy atom. The molecule has 3 rings (SSSR count). The average Bonchev–Trinajstić information content (AvgIpc) is 3.03. The van der Waals surface area contributed by atoms with Crippen LogP contribution in [0.15, 0.2) is 41.3 Å². The number of amides is 2. The highest BCUT2D eigenvalue weighted by Gasteiger charge is 2.44. The number of nitrogens with one attached hydrogen (secondary N) is 1. The number of rotatable bonds is 5. The van der Waals surface area contributed by atoms with Crippen LogP contribution in [0, 0.1) is 6.92 Å². The van der Waals surface area contributed by atoms with Gasteiger partial charge in [0.25, 0.3) is 10.0 Å². The van der Waals surface area contributed by atoms with Gasteiger partial charge >= 0.3 is 0 Å². The van der Waals surface area contributed by atoms with Crippen molar-refractivity contribution in [2.75, 3.05) is 12.4 Å². The first kappa shape index (κ1) is 21.4. The van der Waals surface area contributed by atoms with Crippen molar-refractivity contribution in [3.8, 4) is 5.75 Å². The molecule has 0 spiro atoms. The molecule has 1 saturated heterocycles. The van der Waals surface area contributed by atoms with Crippen LogP contribution in [0.5, 0.6) is 5.75 Å². The Balaban J connectivity index is 1.91. The van der Waals surface area contributed by atoms with E-state index in [9.17, 15) is 18.0 Å². The van der Waals surface area contributed by atoms with E-state index in [2.05, 4.69) is 5.32 Å². The first-order valence-corrected chi connectivity index (χ1v) is 10.8. The van der Waals surface area contributed by atoms with Crippen LogP contribution in [-0.2, 0) is 19.6 Å². The number of hydrogen-bond donors (Lipinski definition) is 1. The highest BCUT2D eigenvalue weighted by Crippen LogP contribution is 2.31. The smallest absolute Gasteiger partial charge is 0.267 e. The lowest BCUT2D eigenvalue weighted by Gasteiger charge is -2.24. The van der Waals surface area contributed by atoms with Crippen molar-refractivity contribution < 1.29 is 22.7 Å². The number of sulfonamides is 1. The molecular weight excluding hydrogens is 439 g/mol. The summed E-state index contributed by atoms with van der Waals surface area (Å²) >= 11 is 11.9. The zero-order valence-corrected chi connectivity index (χ0v) is 17.9. The number of anilines is 1. The van der Waals surface area contributed by atoms with Crippen LogP contribution >= 0.6 is 23.2 Å². The molecule has 2 amide bonds. The molecule has 1 heterocycles. The lowest BCUT2D eigenvalue weighted by molar-refractivity contribution is -0.128. The monoisotopic (exact) mass is 456 g/mol.